The van der Waals surface area contributed by atoms with E-state index in [4.69, 9.17) is 4.74 Å². The Morgan fingerprint density at radius 1 is 1.29 bits per heavy atom. The molecule has 1 unspecified atom stereocenters. The van der Waals surface area contributed by atoms with Crippen molar-refractivity contribution in [2.75, 3.05) is 7.11 Å². The van der Waals surface area contributed by atoms with Crippen LogP contribution in [0.25, 0.3) is 0 Å². The fourth-order valence-electron chi connectivity index (χ4n) is 2.67. The summed E-state index contributed by atoms with van der Waals surface area (Å²) in [5, 5.41) is 10.4. The first kappa shape index (κ1) is 14.7. The van der Waals surface area contributed by atoms with Gasteiger partial charge in [-0.25, -0.2) is 0 Å². The Morgan fingerprint density at radius 3 is 2.24 bits per heavy atom. The highest BCUT2D eigenvalue weighted by Gasteiger charge is 2.43. The van der Waals surface area contributed by atoms with Gasteiger partial charge in [0.25, 0.3) is 0 Å². The van der Waals surface area contributed by atoms with Gasteiger partial charge < -0.3 is 9.84 Å². The van der Waals surface area contributed by atoms with Gasteiger partial charge in [-0.05, 0) is 50.9 Å². The molecular formula is C15H28O2. The van der Waals surface area contributed by atoms with Crippen molar-refractivity contribution in [3.63, 3.8) is 0 Å². The molecular weight excluding hydrogens is 212 g/mol. The normalized spacial score (nSPS) is 24.3. The van der Waals surface area contributed by atoms with Crippen molar-refractivity contribution in [2.24, 2.45) is 5.41 Å². The van der Waals surface area contributed by atoms with E-state index in [2.05, 4.69) is 20.4 Å². The van der Waals surface area contributed by atoms with Crippen LogP contribution < -0.4 is 0 Å². The number of aliphatic hydroxyl groups is 1. The lowest BCUT2D eigenvalue weighted by Gasteiger charge is -2.45. The standard InChI is InChI=1S/C15H28O2/c1-12(2)6-7-13(16)15(17-5)10-8-14(3,4)9-11-15/h13,16H,1,6-11H2,2-5H3. The summed E-state index contributed by atoms with van der Waals surface area (Å²) in [5.41, 5.74) is 1.22. The van der Waals surface area contributed by atoms with Gasteiger partial charge >= 0.3 is 0 Å². The van der Waals surface area contributed by atoms with E-state index in [0.29, 0.717) is 5.41 Å². The molecule has 0 bridgehead atoms. The number of ether oxygens (including phenoxy) is 1. The van der Waals surface area contributed by atoms with Gasteiger partial charge in [0, 0.05) is 7.11 Å². The van der Waals surface area contributed by atoms with Crippen molar-refractivity contribution in [2.45, 2.75) is 71.0 Å². The van der Waals surface area contributed by atoms with Gasteiger partial charge in [-0.15, -0.1) is 6.58 Å². The molecule has 17 heavy (non-hydrogen) atoms. The average Bonchev–Trinajstić information content (AvgIpc) is 2.26. The highest BCUT2D eigenvalue weighted by atomic mass is 16.5. The molecule has 0 aliphatic heterocycles. The molecule has 1 aliphatic carbocycles. The molecule has 0 heterocycles. The van der Waals surface area contributed by atoms with Crippen molar-refractivity contribution in [1.29, 1.82) is 0 Å². The Balaban J connectivity index is 2.60. The largest absolute Gasteiger partial charge is 0.390 e. The summed E-state index contributed by atoms with van der Waals surface area (Å²) in [4.78, 5) is 0. The second kappa shape index (κ2) is 5.53. The maximum Gasteiger partial charge on any atom is 0.0936 e. The van der Waals surface area contributed by atoms with E-state index in [0.717, 1.165) is 44.1 Å². The fourth-order valence-corrected chi connectivity index (χ4v) is 2.67. The number of hydrogen-bond donors (Lipinski definition) is 1. The molecule has 1 saturated carbocycles. The quantitative estimate of drug-likeness (QED) is 0.743. The van der Waals surface area contributed by atoms with E-state index in [-0.39, 0.29) is 11.7 Å². The summed E-state index contributed by atoms with van der Waals surface area (Å²) in [6.07, 6.45) is 5.48. The number of rotatable bonds is 5. The predicted molar refractivity (Wildman–Crippen MR) is 72.0 cm³/mol. The van der Waals surface area contributed by atoms with Crippen LogP contribution >= 0.6 is 0 Å². The van der Waals surface area contributed by atoms with Gasteiger partial charge in [0.15, 0.2) is 0 Å². The van der Waals surface area contributed by atoms with Gasteiger partial charge in [0.2, 0.25) is 0 Å². The van der Waals surface area contributed by atoms with Gasteiger partial charge in [-0.1, -0.05) is 19.4 Å². The van der Waals surface area contributed by atoms with Crippen LogP contribution in [0.2, 0.25) is 0 Å². The third kappa shape index (κ3) is 3.82. The minimum atomic E-state index is -0.361. The average molecular weight is 240 g/mol. The Hall–Kier alpha value is -0.340. The van der Waals surface area contributed by atoms with Gasteiger partial charge in [-0.2, -0.15) is 0 Å². The highest BCUT2D eigenvalue weighted by molar-refractivity contribution is 4.97. The lowest BCUT2D eigenvalue weighted by Crippen LogP contribution is -2.48. The maximum absolute atomic E-state index is 10.4. The number of methoxy groups -OCH3 is 1. The Labute approximate surface area is 106 Å². The lowest BCUT2D eigenvalue weighted by atomic mass is 9.68. The van der Waals surface area contributed by atoms with Gasteiger partial charge in [-0.3, -0.25) is 0 Å². The summed E-state index contributed by atoms with van der Waals surface area (Å²) in [6.45, 7) is 10.5. The third-order valence-electron chi connectivity index (χ3n) is 4.31. The summed E-state index contributed by atoms with van der Waals surface area (Å²) >= 11 is 0. The van der Waals surface area contributed by atoms with Gasteiger partial charge in [0.05, 0.1) is 11.7 Å². The molecule has 2 heteroatoms. The van der Waals surface area contributed by atoms with E-state index >= 15 is 0 Å². The molecule has 0 aromatic heterocycles. The van der Waals surface area contributed by atoms with Gasteiger partial charge in [0.1, 0.15) is 0 Å². The molecule has 100 valence electrons. The monoisotopic (exact) mass is 240 g/mol. The number of aliphatic hydroxyl groups excluding tert-OH is 1. The first-order valence-corrected chi connectivity index (χ1v) is 6.69. The molecule has 0 radical (unpaired) electrons. The molecule has 0 spiro atoms. The van der Waals surface area contributed by atoms with Crippen LogP contribution in [-0.2, 0) is 4.74 Å². The van der Waals surface area contributed by atoms with E-state index in [1.807, 2.05) is 6.92 Å². The summed E-state index contributed by atoms with van der Waals surface area (Å²) in [7, 11) is 1.74. The minimum Gasteiger partial charge on any atom is -0.390 e. The Morgan fingerprint density at radius 2 is 1.82 bits per heavy atom. The van der Waals surface area contributed by atoms with Crippen molar-refractivity contribution in [3.8, 4) is 0 Å². The molecule has 1 rings (SSSR count). The van der Waals surface area contributed by atoms with Crippen LogP contribution in [0, 0.1) is 5.41 Å². The second-order valence-corrected chi connectivity index (χ2v) is 6.44. The molecule has 1 N–H and O–H groups in total. The van der Waals surface area contributed by atoms with E-state index in [1.54, 1.807) is 7.11 Å². The van der Waals surface area contributed by atoms with Crippen molar-refractivity contribution in [1.82, 2.24) is 0 Å². The first-order valence-electron chi connectivity index (χ1n) is 6.69. The van der Waals surface area contributed by atoms with Crippen LogP contribution in [0.5, 0.6) is 0 Å². The molecule has 1 aliphatic rings. The number of allylic oxidation sites excluding steroid dienone is 1. The zero-order chi connectivity index (χ0) is 13.1. The van der Waals surface area contributed by atoms with Crippen molar-refractivity contribution in [3.05, 3.63) is 12.2 Å². The zero-order valence-corrected chi connectivity index (χ0v) is 11.9. The van der Waals surface area contributed by atoms with Crippen LogP contribution in [0.15, 0.2) is 12.2 Å². The third-order valence-corrected chi connectivity index (χ3v) is 4.31. The number of hydrogen-bond acceptors (Lipinski definition) is 2. The topological polar surface area (TPSA) is 29.5 Å². The first-order chi connectivity index (χ1) is 7.81. The van der Waals surface area contributed by atoms with Crippen LogP contribution in [0.3, 0.4) is 0 Å². The molecule has 1 atom stereocenters. The highest BCUT2D eigenvalue weighted by Crippen LogP contribution is 2.44. The van der Waals surface area contributed by atoms with Crippen molar-refractivity contribution >= 4 is 0 Å². The zero-order valence-electron chi connectivity index (χ0n) is 11.9. The Kier molecular flexibility index (Phi) is 4.79. The van der Waals surface area contributed by atoms with Crippen LogP contribution in [-0.4, -0.2) is 23.9 Å². The SMILES string of the molecule is C=C(C)CCC(O)C1(OC)CCC(C)(C)CC1. The van der Waals surface area contributed by atoms with E-state index in [1.165, 1.54) is 0 Å². The Bertz CT molecular complexity index is 258. The predicted octanol–water partition coefficient (Wildman–Crippen LogP) is 3.69. The molecule has 0 aromatic carbocycles. The summed E-state index contributed by atoms with van der Waals surface area (Å²) < 4.78 is 5.69. The molecule has 1 fully saturated rings. The summed E-state index contributed by atoms with van der Waals surface area (Å²) in [6, 6.07) is 0. The lowest BCUT2D eigenvalue weighted by molar-refractivity contribution is -0.137. The molecule has 0 aromatic rings. The van der Waals surface area contributed by atoms with E-state index < -0.39 is 0 Å². The summed E-state index contributed by atoms with van der Waals surface area (Å²) in [5.74, 6) is 0. The molecule has 2 nitrogen and oxygen atoms in total. The second-order valence-electron chi connectivity index (χ2n) is 6.44. The van der Waals surface area contributed by atoms with E-state index in [9.17, 15) is 5.11 Å². The smallest absolute Gasteiger partial charge is 0.0936 e. The van der Waals surface area contributed by atoms with Crippen molar-refractivity contribution < 1.29 is 9.84 Å². The molecule has 0 amide bonds. The van der Waals surface area contributed by atoms with Crippen LogP contribution in [0.1, 0.15) is 59.3 Å². The minimum absolute atomic E-state index is 0.315. The van der Waals surface area contributed by atoms with Crippen LogP contribution in [0.4, 0.5) is 0 Å². The maximum atomic E-state index is 10.4. The fraction of sp³-hybridized carbons (Fsp3) is 0.867. The molecule has 0 saturated heterocycles.